The molecule has 1 unspecified atom stereocenters. The lowest BCUT2D eigenvalue weighted by molar-refractivity contribution is 0.281. The molecule has 1 atom stereocenters. The molecule has 1 aliphatic carbocycles. The molecule has 1 aliphatic rings. The molecule has 3 N–H and O–H groups in total. The van der Waals surface area contributed by atoms with E-state index < -0.39 is 0 Å². The first-order valence-electron chi connectivity index (χ1n) is 7.15. The first-order chi connectivity index (χ1) is 9.15. The van der Waals surface area contributed by atoms with Gasteiger partial charge in [-0.3, -0.25) is 0 Å². The van der Waals surface area contributed by atoms with Crippen LogP contribution in [-0.4, -0.2) is 34.3 Å². The van der Waals surface area contributed by atoms with Crippen LogP contribution in [0.1, 0.15) is 50.4 Å². The molecule has 0 amide bonds. The summed E-state index contributed by atoms with van der Waals surface area (Å²) in [5, 5.41) is 15.8. The highest BCUT2D eigenvalue weighted by Gasteiger charge is 2.28. The maximum Gasteiger partial charge on any atom is 0.136 e. The quantitative estimate of drug-likeness (QED) is 0.705. The van der Waals surface area contributed by atoms with Gasteiger partial charge in [-0.2, -0.15) is 0 Å². The number of anilines is 2. The molecule has 0 radical (unpaired) electrons. The Morgan fingerprint density at radius 3 is 2.58 bits per heavy atom. The van der Waals surface area contributed by atoms with E-state index in [2.05, 4.69) is 27.5 Å². The second-order valence-corrected chi connectivity index (χ2v) is 5.33. The van der Waals surface area contributed by atoms with Gasteiger partial charge in [-0.1, -0.05) is 6.92 Å². The Kier molecular flexibility index (Phi) is 4.58. The Morgan fingerprint density at radius 1 is 1.32 bits per heavy atom. The van der Waals surface area contributed by atoms with Crippen molar-refractivity contribution in [2.75, 3.05) is 23.8 Å². The molecule has 0 aromatic carbocycles. The molecule has 0 aliphatic heterocycles. The summed E-state index contributed by atoms with van der Waals surface area (Å²) in [6.45, 7) is 7.10. The van der Waals surface area contributed by atoms with Crippen LogP contribution in [0.4, 0.5) is 11.6 Å². The first kappa shape index (κ1) is 14.1. The highest BCUT2D eigenvalue weighted by molar-refractivity contribution is 5.58. The molecule has 19 heavy (non-hydrogen) atoms. The SMILES string of the molecule is CCCNc1nc(C2CC2)nc(NC(C)CO)c1C. The number of rotatable bonds is 7. The van der Waals surface area contributed by atoms with Crippen LogP contribution in [0.15, 0.2) is 0 Å². The minimum absolute atomic E-state index is 0.000298. The molecule has 0 saturated heterocycles. The molecule has 1 heterocycles. The van der Waals surface area contributed by atoms with Gasteiger partial charge in [0.1, 0.15) is 17.5 Å². The lowest BCUT2D eigenvalue weighted by atomic mass is 10.2. The lowest BCUT2D eigenvalue weighted by Gasteiger charge is -2.17. The van der Waals surface area contributed by atoms with Gasteiger partial charge >= 0.3 is 0 Å². The molecule has 0 spiro atoms. The molecule has 5 heteroatoms. The summed E-state index contributed by atoms with van der Waals surface area (Å²) in [6, 6.07) is -0.000298. The van der Waals surface area contributed by atoms with E-state index in [0.717, 1.165) is 36.0 Å². The largest absolute Gasteiger partial charge is 0.394 e. The predicted octanol–water partition coefficient (Wildman–Crippen LogP) is 2.28. The van der Waals surface area contributed by atoms with E-state index in [-0.39, 0.29) is 12.6 Å². The van der Waals surface area contributed by atoms with Gasteiger partial charge in [-0.05, 0) is 33.1 Å². The van der Waals surface area contributed by atoms with Gasteiger partial charge in [0, 0.05) is 24.1 Å². The highest BCUT2D eigenvalue weighted by Crippen LogP contribution is 2.39. The average molecular weight is 264 g/mol. The van der Waals surface area contributed by atoms with Crippen LogP contribution in [0.2, 0.25) is 0 Å². The maximum absolute atomic E-state index is 9.17. The Balaban J connectivity index is 2.25. The number of nitrogens with zero attached hydrogens (tertiary/aromatic N) is 2. The van der Waals surface area contributed by atoms with Crippen molar-refractivity contribution in [1.82, 2.24) is 9.97 Å². The fourth-order valence-corrected chi connectivity index (χ4v) is 1.89. The molecule has 1 aromatic rings. The number of aliphatic hydroxyl groups is 1. The van der Waals surface area contributed by atoms with Crippen molar-refractivity contribution < 1.29 is 5.11 Å². The first-order valence-corrected chi connectivity index (χ1v) is 7.15. The predicted molar refractivity (Wildman–Crippen MR) is 77.7 cm³/mol. The van der Waals surface area contributed by atoms with E-state index in [1.54, 1.807) is 0 Å². The van der Waals surface area contributed by atoms with Crippen LogP contribution >= 0.6 is 0 Å². The van der Waals surface area contributed by atoms with Gasteiger partial charge in [0.2, 0.25) is 0 Å². The molecule has 5 nitrogen and oxygen atoms in total. The third kappa shape index (κ3) is 3.56. The minimum Gasteiger partial charge on any atom is -0.394 e. The van der Waals surface area contributed by atoms with E-state index in [4.69, 9.17) is 5.11 Å². The third-order valence-electron chi connectivity index (χ3n) is 3.31. The summed E-state index contributed by atoms with van der Waals surface area (Å²) in [6.07, 6.45) is 3.44. The minimum atomic E-state index is -0.000298. The van der Waals surface area contributed by atoms with E-state index in [9.17, 15) is 0 Å². The smallest absolute Gasteiger partial charge is 0.136 e. The molecule has 1 saturated carbocycles. The summed E-state index contributed by atoms with van der Waals surface area (Å²) in [5.74, 6) is 3.22. The maximum atomic E-state index is 9.17. The van der Waals surface area contributed by atoms with E-state index in [1.165, 1.54) is 12.8 Å². The zero-order valence-electron chi connectivity index (χ0n) is 12.0. The van der Waals surface area contributed by atoms with E-state index >= 15 is 0 Å². The topological polar surface area (TPSA) is 70.1 Å². The molecule has 1 aromatic heterocycles. The van der Waals surface area contributed by atoms with Crippen LogP contribution in [0.25, 0.3) is 0 Å². The zero-order chi connectivity index (χ0) is 13.8. The summed E-state index contributed by atoms with van der Waals surface area (Å²) in [7, 11) is 0. The van der Waals surface area contributed by atoms with Crippen molar-refractivity contribution in [1.29, 1.82) is 0 Å². The Hall–Kier alpha value is -1.36. The van der Waals surface area contributed by atoms with Crippen LogP contribution in [0.5, 0.6) is 0 Å². The number of hydrogen-bond donors (Lipinski definition) is 3. The average Bonchev–Trinajstić information content (AvgIpc) is 3.23. The summed E-state index contributed by atoms with van der Waals surface area (Å²) < 4.78 is 0. The second kappa shape index (κ2) is 6.19. The Bertz CT molecular complexity index is 432. The van der Waals surface area contributed by atoms with Crippen molar-refractivity contribution in [2.24, 2.45) is 0 Å². The summed E-state index contributed by atoms with van der Waals surface area (Å²) in [5.41, 5.74) is 1.03. The van der Waals surface area contributed by atoms with Crippen molar-refractivity contribution in [2.45, 2.75) is 52.0 Å². The Morgan fingerprint density at radius 2 is 2.00 bits per heavy atom. The number of aromatic nitrogens is 2. The lowest BCUT2D eigenvalue weighted by Crippen LogP contribution is -2.22. The van der Waals surface area contributed by atoms with Crippen molar-refractivity contribution in [3.05, 3.63) is 11.4 Å². The van der Waals surface area contributed by atoms with Crippen molar-refractivity contribution in [3.8, 4) is 0 Å². The van der Waals surface area contributed by atoms with E-state index in [1.807, 2.05) is 13.8 Å². The summed E-state index contributed by atoms with van der Waals surface area (Å²) >= 11 is 0. The van der Waals surface area contributed by atoms with Crippen molar-refractivity contribution >= 4 is 11.6 Å². The third-order valence-corrected chi connectivity index (χ3v) is 3.31. The van der Waals surface area contributed by atoms with Crippen LogP contribution < -0.4 is 10.6 Å². The van der Waals surface area contributed by atoms with Crippen molar-refractivity contribution in [3.63, 3.8) is 0 Å². The van der Waals surface area contributed by atoms with Crippen LogP contribution in [0, 0.1) is 6.92 Å². The van der Waals surface area contributed by atoms with Gasteiger partial charge < -0.3 is 15.7 Å². The molecule has 106 valence electrons. The molecule has 2 rings (SSSR count). The van der Waals surface area contributed by atoms with Gasteiger partial charge in [0.25, 0.3) is 0 Å². The van der Waals surface area contributed by atoms with Crippen LogP contribution in [-0.2, 0) is 0 Å². The molecule has 1 fully saturated rings. The molecule has 0 bridgehead atoms. The van der Waals surface area contributed by atoms with Gasteiger partial charge in [-0.15, -0.1) is 0 Å². The molecular weight excluding hydrogens is 240 g/mol. The normalized spacial score (nSPS) is 16.2. The highest BCUT2D eigenvalue weighted by atomic mass is 16.3. The van der Waals surface area contributed by atoms with Crippen LogP contribution in [0.3, 0.4) is 0 Å². The fraction of sp³-hybridized carbons (Fsp3) is 0.714. The number of aliphatic hydroxyl groups excluding tert-OH is 1. The second-order valence-electron chi connectivity index (χ2n) is 5.33. The van der Waals surface area contributed by atoms with Gasteiger partial charge in [-0.25, -0.2) is 9.97 Å². The number of nitrogens with one attached hydrogen (secondary N) is 2. The monoisotopic (exact) mass is 264 g/mol. The van der Waals surface area contributed by atoms with E-state index in [0.29, 0.717) is 5.92 Å². The van der Waals surface area contributed by atoms with Gasteiger partial charge in [0.05, 0.1) is 6.61 Å². The Labute approximate surface area is 114 Å². The summed E-state index contributed by atoms with van der Waals surface area (Å²) in [4.78, 5) is 9.26. The molecular formula is C14H24N4O. The fourth-order valence-electron chi connectivity index (χ4n) is 1.89. The zero-order valence-corrected chi connectivity index (χ0v) is 12.0. The standard InChI is InChI=1S/C14H24N4O/c1-4-7-15-12-10(3)13(16-9(2)8-19)18-14(17-12)11-5-6-11/h9,11,19H,4-8H2,1-3H3,(H2,15,16,17,18). The number of hydrogen-bond acceptors (Lipinski definition) is 5. The van der Waals surface area contributed by atoms with Gasteiger partial charge in [0.15, 0.2) is 0 Å².